The number of nitrogens with one attached hydrogen (secondary N) is 1. The molecule has 8 heteroatoms. The minimum Gasteiger partial charge on any atom is -0.282 e. The van der Waals surface area contributed by atoms with Gasteiger partial charge >= 0.3 is 0 Å². The minimum absolute atomic E-state index is 0.154. The molecule has 1 aromatic heterocycles. The van der Waals surface area contributed by atoms with Gasteiger partial charge < -0.3 is 0 Å². The van der Waals surface area contributed by atoms with E-state index in [4.69, 9.17) is 0 Å². The topological polar surface area (TPSA) is 62.3 Å². The fourth-order valence-corrected chi connectivity index (χ4v) is 3.64. The lowest BCUT2D eigenvalue weighted by atomic mass is 9.95. The number of sulfonamides is 1. The molecule has 1 unspecified atom stereocenters. The third-order valence-corrected chi connectivity index (χ3v) is 4.71. The summed E-state index contributed by atoms with van der Waals surface area (Å²) < 4.78 is 36.3. The summed E-state index contributed by atoms with van der Waals surface area (Å²) in [6, 6.07) is 8.07. The van der Waals surface area contributed by atoms with Gasteiger partial charge in [0, 0.05) is 12.7 Å². The zero-order chi connectivity index (χ0) is 18.8. The van der Waals surface area contributed by atoms with Crippen molar-refractivity contribution in [3.8, 4) is 11.1 Å². The van der Waals surface area contributed by atoms with E-state index in [0.29, 0.717) is 12.0 Å². The number of aromatic nitrogens is 1. The summed E-state index contributed by atoms with van der Waals surface area (Å²) >= 11 is 0. The number of benzene rings is 1. The number of rotatable bonds is 6. The van der Waals surface area contributed by atoms with Gasteiger partial charge in [-0.05, 0) is 47.0 Å². The van der Waals surface area contributed by atoms with Crippen LogP contribution in [0.3, 0.4) is 0 Å². The molecule has 1 N–H and O–H groups in total. The second-order valence-corrected chi connectivity index (χ2v) is 8.32. The molecule has 0 saturated heterocycles. The maximum atomic E-state index is 13.3. The van der Waals surface area contributed by atoms with Crippen LogP contribution in [0.1, 0.15) is 31.0 Å². The average Bonchev–Trinajstić information content (AvgIpc) is 2.52. The largest absolute Gasteiger partial charge is 0.282 e. The Labute approximate surface area is 150 Å². The van der Waals surface area contributed by atoms with Crippen LogP contribution in [-0.4, -0.2) is 26.7 Å². The second-order valence-electron chi connectivity index (χ2n) is 6.18. The molecule has 0 bridgehead atoms. The van der Waals surface area contributed by atoms with Crippen LogP contribution in [0.5, 0.6) is 0 Å². The first-order chi connectivity index (χ1) is 11.6. The molecule has 25 heavy (non-hydrogen) atoms. The molecule has 0 spiro atoms. The van der Waals surface area contributed by atoms with Crippen molar-refractivity contribution in [2.45, 2.75) is 25.9 Å². The van der Waals surface area contributed by atoms with Crippen LogP contribution in [0.25, 0.3) is 11.1 Å². The molecular weight excluding hydrogens is 360 g/mol. The van der Waals surface area contributed by atoms with Crippen molar-refractivity contribution in [3.63, 3.8) is 0 Å². The second kappa shape index (κ2) is 7.77. The van der Waals surface area contributed by atoms with E-state index in [1.54, 1.807) is 19.2 Å². The van der Waals surface area contributed by atoms with Crippen LogP contribution in [0, 0.1) is 5.82 Å². The van der Waals surface area contributed by atoms with Crippen molar-refractivity contribution in [1.82, 2.24) is 9.82 Å². The van der Waals surface area contributed by atoms with Crippen LogP contribution < -0.4 is 9.84 Å². The fraction of sp³-hybridized carbons (Fsp3) is 0.353. The standard InChI is InChI=1S/C17H23FN3O2PS/c1-11(2)17-15(10-24)14(12-5-7-13(18)8-6-12)9-16(19-17)21(3)20-25(4,22)23/h5-9,11,20H,10,24H2,1-4H3. The van der Waals surface area contributed by atoms with E-state index in [2.05, 4.69) is 19.1 Å². The molecule has 0 aliphatic carbocycles. The predicted octanol–water partition coefficient (Wildman–Crippen LogP) is 3.29. The molecule has 0 aliphatic rings. The highest BCUT2D eigenvalue weighted by molar-refractivity contribution is 7.88. The number of hydrogen-bond acceptors (Lipinski definition) is 4. The Balaban J connectivity index is 2.65. The number of hydrazine groups is 1. The highest BCUT2D eigenvalue weighted by Gasteiger charge is 2.18. The van der Waals surface area contributed by atoms with Crippen LogP contribution in [0.2, 0.25) is 0 Å². The van der Waals surface area contributed by atoms with E-state index in [-0.39, 0.29) is 11.7 Å². The molecule has 5 nitrogen and oxygen atoms in total. The lowest BCUT2D eigenvalue weighted by molar-refractivity contribution is 0.586. The van der Waals surface area contributed by atoms with Crippen LogP contribution in [0.4, 0.5) is 10.2 Å². The normalized spacial score (nSPS) is 11.8. The first-order valence-corrected chi connectivity index (χ1v) is 10.5. The lowest BCUT2D eigenvalue weighted by Crippen LogP contribution is -2.39. The zero-order valence-electron chi connectivity index (χ0n) is 14.7. The minimum atomic E-state index is -3.42. The van der Waals surface area contributed by atoms with E-state index < -0.39 is 10.0 Å². The summed E-state index contributed by atoms with van der Waals surface area (Å²) in [5.41, 5.74) is 3.69. The molecule has 0 radical (unpaired) electrons. The number of hydrogen-bond donors (Lipinski definition) is 1. The van der Waals surface area contributed by atoms with Crippen molar-refractivity contribution < 1.29 is 12.8 Å². The summed E-state index contributed by atoms with van der Waals surface area (Å²) in [7, 11) is 0.877. The molecule has 2 aromatic rings. The van der Waals surface area contributed by atoms with Gasteiger partial charge in [-0.1, -0.05) is 26.0 Å². The van der Waals surface area contributed by atoms with Gasteiger partial charge in [-0.25, -0.2) is 17.8 Å². The lowest BCUT2D eigenvalue weighted by Gasteiger charge is -2.23. The smallest absolute Gasteiger partial charge is 0.225 e. The van der Waals surface area contributed by atoms with E-state index in [9.17, 15) is 12.8 Å². The van der Waals surface area contributed by atoms with Gasteiger partial charge in [0.1, 0.15) is 11.6 Å². The molecule has 0 amide bonds. The van der Waals surface area contributed by atoms with E-state index >= 15 is 0 Å². The first kappa shape index (κ1) is 19.8. The molecule has 1 heterocycles. The summed E-state index contributed by atoms with van der Waals surface area (Å²) in [5.74, 6) is 0.336. The maximum absolute atomic E-state index is 13.3. The summed E-state index contributed by atoms with van der Waals surface area (Å²) in [5, 5.41) is 1.38. The Morgan fingerprint density at radius 2 is 1.88 bits per heavy atom. The highest BCUT2D eigenvalue weighted by Crippen LogP contribution is 2.33. The fourth-order valence-electron chi connectivity index (χ4n) is 2.62. The summed E-state index contributed by atoms with van der Waals surface area (Å²) in [4.78, 5) is 7.05. The quantitative estimate of drug-likeness (QED) is 0.614. The van der Waals surface area contributed by atoms with Crippen molar-refractivity contribution in [1.29, 1.82) is 0 Å². The Morgan fingerprint density at radius 3 is 2.36 bits per heavy atom. The van der Waals surface area contributed by atoms with Gasteiger partial charge in [-0.3, -0.25) is 5.01 Å². The van der Waals surface area contributed by atoms with Gasteiger partial charge in [0.2, 0.25) is 10.0 Å². The van der Waals surface area contributed by atoms with Crippen LogP contribution in [-0.2, 0) is 16.2 Å². The average molecular weight is 383 g/mol. The van der Waals surface area contributed by atoms with Crippen molar-refractivity contribution in [2.24, 2.45) is 0 Å². The molecule has 1 aromatic carbocycles. The highest BCUT2D eigenvalue weighted by atomic mass is 32.2. The molecule has 136 valence electrons. The Morgan fingerprint density at radius 1 is 1.28 bits per heavy atom. The molecule has 0 aliphatic heterocycles. The van der Waals surface area contributed by atoms with Crippen LogP contribution in [0.15, 0.2) is 30.3 Å². The van der Waals surface area contributed by atoms with Crippen molar-refractivity contribution >= 4 is 25.1 Å². The van der Waals surface area contributed by atoms with Gasteiger partial charge in [0.05, 0.1) is 6.26 Å². The number of anilines is 1. The third kappa shape index (κ3) is 4.97. The van der Waals surface area contributed by atoms with E-state index in [1.165, 1.54) is 17.1 Å². The van der Waals surface area contributed by atoms with E-state index in [0.717, 1.165) is 28.6 Å². The maximum Gasteiger partial charge on any atom is 0.225 e. The summed E-state index contributed by atoms with van der Waals surface area (Å²) in [6.45, 7) is 4.07. The number of nitrogens with zero attached hydrogens (tertiary/aromatic N) is 2. The van der Waals surface area contributed by atoms with Gasteiger partial charge in [0.15, 0.2) is 0 Å². The van der Waals surface area contributed by atoms with Gasteiger partial charge in [0.25, 0.3) is 0 Å². The number of halogens is 1. The van der Waals surface area contributed by atoms with Crippen LogP contribution >= 0.6 is 9.24 Å². The third-order valence-electron chi connectivity index (χ3n) is 3.70. The molecule has 1 atom stereocenters. The molecule has 0 fully saturated rings. The Bertz CT molecular complexity index is 855. The number of pyridine rings is 1. The monoisotopic (exact) mass is 383 g/mol. The Hall–Kier alpha value is -1.56. The van der Waals surface area contributed by atoms with Gasteiger partial charge in [-0.2, -0.15) is 0 Å². The van der Waals surface area contributed by atoms with Crippen molar-refractivity contribution in [3.05, 3.63) is 47.4 Å². The van der Waals surface area contributed by atoms with Gasteiger partial charge in [-0.15, -0.1) is 14.1 Å². The molecular formula is C17H23FN3O2PS. The predicted molar refractivity (Wildman–Crippen MR) is 104 cm³/mol. The van der Waals surface area contributed by atoms with Crippen molar-refractivity contribution in [2.75, 3.05) is 18.3 Å². The zero-order valence-corrected chi connectivity index (χ0v) is 16.7. The molecule has 0 saturated carbocycles. The first-order valence-electron chi connectivity index (χ1n) is 7.83. The van der Waals surface area contributed by atoms with E-state index in [1.807, 2.05) is 19.9 Å². The SMILES string of the molecule is CC(C)c1nc(N(C)NS(C)(=O)=O)cc(-c2ccc(F)cc2)c1CP. The Kier molecular flexibility index (Phi) is 6.14. The molecule has 2 rings (SSSR count). The summed E-state index contributed by atoms with van der Waals surface area (Å²) in [6.07, 6.45) is 1.78.